The van der Waals surface area contributed by atoms with Crippen LogP contribution >= 0.6 is 0 Å². The number of fused-ring (bicyclic) bond motifs is 1. The molecule has 3 rings (SSSR count). The van der Waals surface area contributed by atoms with Crippen molar-refractivity contribution in [3.8, 4) is 0 Å². The Morgan fingerprint density at radius 3 is 2.71 bits per heavy atom. The maximum atomic E-state index is 12.7. The van der Waals surface area contributed by atoms with Crippen LogP contribution in [0.1, 0.15) is 31.2 Å². The van der Waals surface area contributed by atoms with Gasteiger partial charge in [0.25, 0.3) is 0 Å². The van der Waals surface area contributed by atoms with Gasteiger partial charge in [0.05, 0.1) is 17.4 Å². The summed E-state index contributed by atoms with van der Waals surface area (Å²) in [5.41, 5.74) is 1.38. The van der Waals surface area contributed by atoms with Crippen molar-refractivity contribution >= 4 is 21.6 Å². The van der Waals surface area contributed by atoms with Gasteiger partial charge in [0.1, 0.15) is 0 Å². The first-order valence-corrected chi connectivity index (χ1v) is 8.46. The molecule has 1 heterocycles. The Morgan fingerprint density at radius 2 is 2.10 bits per heavy atom. The quantitative estimate of drug-likeness (QED) is 0.845. The van der Waals surface area contributed by atoms with Gasteiger partial charge in [-0.25, -0.2) is 8.42 Å². The fraction of sp³-hybridized carbons (Fsp3) is 0.500. The highest BCUT2D eigenvalue weighted by atomic mass is 32.2. The molecule has 1 aliphatic carbocycles. The number of aliphatic hydroxyl groups excluding tert-OH is 1. The van der Waals surface area contributed by atoms with Gasteiger partial charge in [-0.15, -0.1) is 0 Å². The Morgan fingerprint density at radius 1 is 1.38 bits per heavy atom. The Balaban J connectivity index is 1.98. The molecule has 1 fully saturated rings. The smallest absolute Gasteiger partial charge is 0.243 e. The first-order chi connectivity index (χ1) is 9.95. The summed E-state index contributed by atoms with van der Waals surface area (Å²) in [6.07, 6.45) is 1.67. The monoisotopic (exact) mass is 310 g/mol. The Hall–Kier alpha value is -1.44. The molecular weight excluding hydrogens is 292 g/mol. The fourth-order valence-electron chi connectivity index (χ4n) is 2.65. The number of hydrogen-bond donors (Lipinski definition) is 2. The van der Waals surface area contributed by atoms with Gasteiger partial charge in [0.2, 0.25) is 15.9 Å². The van der Waals surface area contributed by atoms with Crippen molar-refractivity contribution in [1.82, 2.24) is 4.31 Å². The lowest BCUT2D eigenvalue weighted by Crippen LogP contribution is -2.35. The van der Waals surface area contributed by atoms with Gasteiger partial charge in [0.15, 0.2) is 0 Å². The zero-order chi connectivity index (χ0) is 15.2. The number of nitrogens with zero attached hydrogens (tertiary/aromatic N) is 1. The van der Waals surface area contributed by atoms with E-state index in [1.54, 1.807) is 19.1 Å². The van der Waals surface area contributed by atoms with E-state index in [1.165, 1.54) is 10.4 Å². The largest absolute Gasteiger partial charge is 0.395 e. The number of benzene rings is 1. The minimum atomic E-state index is -3.63. The summed E-state index contributed by atoms with van der Waals surface area (Å²) >= 11 is 0. The third-order valence-corrected chi connectivity index (χ3v) is 5.97. The molecule has 0 aromatic heterocycles. The molecule has 0 spiro atoms. The second-order valence-corrected chi connectivity index (χ2v) is 7.42. The summed E-state index contributed by atoms with van der Waals surface area (Å²) in [4.78, 5) is 11.8. The zero-order valence-corrected chi connectivity index (χ0v) is 12.6. The normalized spacial score (nSPS) is 21.5. The average Bonchev–Trinajstić information content (AvgIpc) is 3.24. The highest BCUT2D eigenvalue weighted by Gasteiger charge is 2.38. The van der Waals surface area contributed by atoms with Crippen LogP contribution in [0, 0.1) is 0 Å². The van der Waals surface area contributed by atoms with E-state index < -0.39 is 10.0 Å². The Kier molecular flexibility index (Phi) is 3.51. The van der Waals surface area contributed by atoms with Gasteiger partial charge in [0, 0.05) is 18.3 Å². The highest BCUT2D eigenvalue weighted by molar-refractivity contribution is 7.89. The van der Waals surface area contributed by atoms with E-state index in [9.17, 15) is 13.2 Å². The molecule has 2 N–H and O–H groups in total. The standard InChI is InChI=1S/C14H18N2O4S/c1-9-12-8-11(4-5-13(12)15-14(9)18)21(19,20)16(6-7-17)10-2-3-10/h4-5,8-10,17H,2-3,6-7H2,1H3,(H,15,18). The molecule has 0 bridgehead atoms. The number of carbonyl (C=O) groups is 1. The number of nitrogens with one attached hydrogen (secondary N) is 1. The van der Waals surface area contributed by atoms with Gasteiger partial charge < -0.3 is 10.4 Å². The van der Waals surface area contributed by atoms with Crippen LogP contribution in [0.2, 0.25) is 0 Å². The number of aliphatic hydroxyl groups is 1. The van der Waals surface area contributed by atoms with E-state index in [2.05, 4.69) is 5.32 Å². The summed E-state index contributed by atoms with van der Waals surface area (Å²) in [6.45, 7) is 1.66. The van der Waals surface area contributed by atoms with Crippen LogP contribution in [0.25, 0.3) is 0 Å². The van der Waals surface area contributed by atoms with Gasteiger partial charge in [-0.3, -0.25) is 4.79 Å². The molecule has 1 aromatic carbocycles. The summed E-state index contributed by atoms with van der Waals surface area (Å²) in [7, 11) is -3.63. The number of amides is 1. The lowest BCUT2D eigenvalue weighted by molar-refractivity contribution is -0.116. The van der Waals surface area contributed by atoms with Crippen LogP contribution in [0.15, 0.2) is 23.1 Å². The summed E-state index contributed by atoms with van der Waals surface area (Å²) < 4.78 is 26.8. The SMILES string of the molecule is CC1C(=O)Nc2ccc(S(=O)(=O)N(CCO)C3CC3)cc21. The minimum Gasteiger partial charge on any atom is -0.395 e. The first kappa shape index (κ1) is 14.5. The third-order valence-electron chi connectivity index (χ3n) is 4.02. The van der Waals surface area contributed by atoms with E-state index in [-0.39, 0.29) is 35.9 Å². The topological polar surface area (TPSA) is 86.7 Å². The van der Waals surface area contributed by atoms with E-state index in [0.717, 1.165) is 12.8 Å². The Labute approximate surface area is 123 Å². The van der Waals surface area contributed by atoms with Crippen LogP contribution in [0.5, 0.6) is 0 Å². The lowest BCUT2D eigenvalue weighted by Gasteiger charge is -2.21. The molecule has 1 amide bonds. The first-order valence-electron chi connectivity index (χ1n) is 7.02. The summed E-state index contributed by atoms with van der Waals surface area (Å²) in [6, 6.07) is 4.71. The van der Waals surface area contributed by atoms with Gasteiger partial charge in [-0.05, 0) is 43.5 Å². The molecule has 114 valence electrons. The molecule has 6 nitrogen and oxygen atoms in total. The van der Waals surface area contributed by atoms with Gasteiger partial charge in [-0.1, -0.05) is 0 Å². The molecule has 1 saturated carbocycles. The van der Waals surface area contributed by atoms with Gasteiger partial charge >= 0.3 is 0 Å². The minimum absolute atomic E-state index is 0.00687. The summed E-state index contributed by atoms with van der Waals surface area (Å²) in [5, 5.41) is 11.8. The molecular formula is C14H18N2O4S. The van der Waals surface area contributed by atoms with E-state index >= 15 is 0 Å². The lowest BCUT2D eigenvalue weighted by atomic mass is 10.0. The van der Waals surface area contributed by atoms with Crippen molar-refractivity contribution in [3.63, 3.8) is 0 Å². The van der Waals surface area contributed by atoms with Crippen molar-refractivity contribution in [1.29, 1.82) is 0 Å². The van der Waals surface area contributed by atoms with Crippen LogP contribution in [-0.2, 0) is 14.8 Å². The predicted octanol–water partition coefficient (Wildman–Crippen LogP) is 0.888. The molecule has 0 radical (unpaired) electrons. The average molecular weight is 310 g/mol. The number of sulfonamides is 1. The molecule has 1 atom stereocenters. The zero-order valence-electron chi connectivity index (χ0n) is 11.7. The fourth-order valence-corrected chi connectivity index (χ4v) is 4.36. The maximum absolute atomic E-state index is 12.7. The van der Waals surface area contributed by atoms with Crippen molar-refractivity contribution < 1.29 is 18.3 Å². The van der Waals surface area contributed by atoms with Crippen molar-refractivity contribution in [2.45, 2.75) is 36.6 Å². The predicted molar refractivity (Wildman–Crippen MR) is 77.5 cm³/mol. The molecule has 1 aliphatic heterocycles. The van der Waals surface area contributed by atoms with E-state index in [4.69, 9.17) is 5.11 Å². The van der Waals surface area contributed by atoms with Crippen molar-refractivity contribution in [2.24, 2.45) is 0 Å². The highest BCUT2D eigenvalue weighted by Crippen LogP contribution is 2.36. The van der Waals surface area contributed by atoms with E-state index in [0.29, 0.717) is 11.3 Å². The second kappa shape index (κ2) is 5.08. The molecule has 7 heteroatoms. The Bertz CT molecular complexity index is 682. The van der Waals surface area contributed by atoms with Crippen LogP contribution in [0.3, 0.4) is 0 Å². The van der Waals surface area contributed by atoms with Crippen LogP contribution < -0.4 is 5.32 Å². The van der Waals surface area contributed by atoms with Gasteiger partial charge in [-0.2, -0.15) is 4.31 Å². The number of anilines is 1. The summed E-state index contributed by atoms with van der Waals surface area (Å²) in [5.74, 6) is -0.462. The molecule has 21 heavy (non-hydrogen) atoms. The van der Waals surface area contributed by atoms with Crippen molar-refractivity contribution in [2.75, 3.05) is 18.5 Å². The van der Waals surface area contributed by atoms with Crippen molar-refractivity contribution in [3.05, 3.63) is 23.8 Å². The number of rotatable bonds is 5. The number of carbonyl (C=O) groups excluding carboxylic acids is 1. The van der Waals surface area contributed by atoms with Crippen LogP contribution in [-0.4, -0.2) is 42.9 Å². The second-order valence-electron chi connectivity index (χ2n) is 5.53. The molecule has 2 aliphatic rings. The van der Waals surface area contributed by atoms with E-state index in [1.807, 2.05) is 0 Å². The maximum Gasteiger partial charge on any atom is 0.243 e. The molecule has 0 saturated heterocycles. The molecule has 1 aromatic rings. The van der Waals surface area contributed by atoms with Crippen LogP contribution in [0.4, 0.5) is 5.69 Å². The number of hydrogen-bond acceptors (Lipinski definition) is 4. The molecule has 1 unspecified atom stereocenters. The third kappa shape index (κ3) is 2.45.